The third-order valence-electron chi connectivity index (χ3n) is 2.19. The molecule has 0 atom stereocenters. The van der Waals surface area contributed by atoms with Crippen molar-refractivity contribution in [1.29, 1.82) is 0 Å². The maximum atomic E-state index is 11.0. The molecule has 1 aliphatic heterocycles. The Bertz CT molecular complexity index is 434. The van der Waals surface area contributed by atoms with Crippen molar-refractivity contribution in [1.82, 2.24) is 0 Å². The summed E-state index contributed by atoms with van der Waals surface area (Å²) in [5.74, 6) is 0.327. The van der Waals surface area contributed by atoms with Crippen LogP contribution < -0.4 is 4.74 Å². The van der Waals surface area contributed by atoms with Gasteiger partial charge in [-0.1, -0.05) is 0 Å². The molecule has 1 aromatic rings. The number of carbonyl (C=O) groups is 1. The summed E-state index contributed by atoms with van der Waals surface area (Å²) in [6.07, 6.45) is 1.39. The molecule has 0 aromatic heterocycles. The second-order valence-corrected chi connectivity index (χ2v) is 3.16. The Morgan fingerprint density at radius 1 is 1.60 bits per heavy atom. The van der Waals surface area contributed by atoms with Crippen LogP contribution in [-0.2, 0) is 9.53 Å². The Labute approximate surface area is 86.7 Å². The smallest absolute Gasteiger partial charge is 0.330 e. The van der Waals surface area contributed by atoms with Crippen LogP contribution in [0.5, 0.6) is 11.5 Å². The average Bonchev–Trinajstić information content (AvgIpc) is 2.60. The van der Waals surface area contributed by atoms with Crippen LogP contribution in [0.3, 0.4) is 0 Å². The highest BCUT2D eigenvalue weighted by molar-refractivity contribution is 5.93. The van der Waals surface area contributed by atoms with Crippen molar-refractivity contribution in [3.63, 3.8) is 0 Å². The minimum atomic E-state index is -0.408. The topological polar surface area (TPSA) is 55.8 Å². The van der Waals surface area contributed by atoms with E-state index < -0.39 is 5.97 Å². The maximum Gasteiger partial charge on any atom is 0.330 e. The summed E-state index contributed by atoms with van der Waals surface area (Å²) >= 11 is 0. The molecular weight excluding hydrogens is 196 g/mol. The fourth-order valence-corrected chi connectivity index (χ4v) is 1.45. The number of ether oxygens (including phenoxy) is 2. The molecule has 78 valence electrons. The Hall–Kier alpha value is -1.97. The van der Waals surface area contributed by atoms with E-state index in [1.165, 1.54) is 19.3 Å². The zero-order valence-corrected chi connectivity index (χ0v) is 8.19. The maximum absolute atomic E-state index is 11.0. The van der Waals surface area contributed by atoms with Crippen LogP contribution in [0.15, 0.2) is 24.3 Å². The first-order chi connectivity index (χ1) is 7.20. The monoisotopic (exact) mass is 206 g/mol. The van der Waals surface area contributed by atoms with E-state index in [0.717, 1.165) is 11.1 Å². The predicted molar refractivity (Wildman–Crippen MR) is 53.6 cm³/mol. The second-order valence-electron chi connectivity index (χ2n) is 3.16. The molecule has 1 N–H and O–H groups in total. The summed E-state index contributed by atoms with van der Waals surface area (Å²) in [7, 11) is 1.33. The molecule has 4 nitrogen and oxygen atoms in total. The number of carbonyl (C=O) groups excluding carboxylic acids is 1. The molecule has 0 unspecified atom stereocenters. The summed E-state index contributed by atoms with van der Waals surface area (Å²) in [5, 5.41) is 9.22. The Morgan fingerprint density at radius 3 is 3.13 bits per heavy atom. The van der Waals surface area contributed by atoms with Gasteiger partial charge in [0.15, 0.2) is 0 Å². The van der Waals surface area contributed by atoms with Crippen LogP contribution in [0.2, 0.25) is 0 Å². The minimum absolute atomic E-state index is 0.146. The van der Waals surface area contributed by atoms with Gasteiger partial charge in [-0.2, -0.15) is 0 Å². The first-order valence-corrected chi connectivity index (χ1v) is 4.45. The van der Waals surface area contributed by atoms with Crippen LogP contribution in [0.1, 0.15) is 5.56 Å². The standard InChI is InChI=1S/C11H10O4/c1-14-11(13)4-7-6-15-10-5-8(12)2-3-9(7)10/h2-5,12H,6H2,1H3. The average molecular weight is 206 g/mol. The van der Waals surface area contributed by atoms with Crippen molar-refractivity contribution in [3.05, 3.63) is 29.8 Å². The first kappa shape index (κ1) is 9.58. The Balaban J connectivity index is 2.37. The van der Waals surface area contributed by atoms with Crippen molar-refractivity contribution in [2.45, 2.75) is 0 Å². The Kier molecular flexibility index (Phi) is 2.33. The molecule has 0 spiro atoms. The number of hydrogen-bond acceptors (Lipinski definition) is 4. The van der Waals surface area contributed by atoms with Gasteiger partial charge in [0.2, 0.25) is 0 Å². The van der Waals surface area contributed by atoms with E-state index in [-0.39, 0.29) is 5.75 Å². The predicted octanol–water partition coefficient (Wildman–Crippen LogP) is 1.34. The Morgan fingerprint density at radius 2 is 2.40 bits per heavy atom. The minimum Gasteiger partial charge on any atom is -0.508 e. The number of methoxy groups -OCH3 is 1. The van der Waals surface area contributed by atoms with E-state index in [1.54, 1.807) is 12.1 Å². The highest BCUT2D eigenvalue weighted by atomic mass is 16.5. The zero-order valence-electron chi connectivity index (χ0n) is 8.19. The molecular formula is C11H10O4. The molecule has 0 bridgehead atoms. The number of esters is 1. The molecule has 0 saturated heterocycles. The van der Waals surface area contributed by atoms with Crippen molar-refractivity contribution in [2.24, 2.45) is 0 Å². The van der Waals surface area contributed by atoms with Crippen molar-refractivity contribution in [2.75, 3.05) is 13.7 Å². The quantitative estimate of drug-likeness (QED) is 0.556. The van der Waals surface area contributed by atoms with Crippen molar-refractivity contribution in [3.8, 4) is 11.5 Å². The fourth-order valence-electron chi connectivity index (χ4n) is 1.45. The van der Waals surface area contributed by atoms with Gasteiger partial charge < -0.3 is 14.6 Å². The summed E-state index contributed by atoms with van der Waals surface area (Å²) < 4.78 is 9.83. The summed E-state index contributed by atoms with van der Waals surface area (Å²) in [6, 6.07) is 4.79. The van der Waals surface area contributed by atoms with Gasteiger partial charge in [-0.25, -0.2) is 4.79 Å². The van der Waals surface area contributed by atoms with Crippen LogP contribution >= 0.6 is 0 Å². The van der Waals surface area contributed by atoms with Gasteiger partial charge in [-0.05, 0) is 12.1 Å². The lowest BCUT2D eigenvalue weighted by Crippen LogP contribution is -1.97. The van der Waals surface area contributed by atoms with Gasteiger partial charge in [0, 0.05) is 23.3 Å². The lowest BCUT2D eigenvalue weighted by Gasteiger charge is -1.98. The zero-order chi connectivity index (χ0) is 10.8. The van der Waals surface area contributed by atoms with E-state index in [0.29, 0.717) is 12.4 Å². The van der Waals surface area contributed by atoms with E-state index in [4.69, 9.17) is 4.74 Å². The highest BCUT2D eigenvalue weighted by Gasteiger charge is 2.18. The van der Waals surface area contributed by atoms with Gasteiger partial charge in [0.1, 0.15) is 18.1 Å². The molecule has 0 saturated carbocycles. The third kappa shape index (κ3) is 1.79. The molecule has 1 aliphatic rings. The van der Waals surface area contributed by atoms with Crippen LogP contribution in [-0.4, -0.2) is 24.8 Å². The second kappa shape index (κ2) is 3.65. The van der Waals surface area contributed by atoms with E-state index in [2.05, 4.69) is 4.74 Å². The molecule has 0 fully saturated rings. The van der Waals surface area contributed by atoms with Crippen molar-refractivity contribution < 1.29 is 19.4 Å². The van der Waals surface area contributed by atoms with Gasteiger partial charge >= 0.3 is 5.97 Å². The van der Waals surface area contributed by atoms with Gasteiger partial charge in [-0.15, -0.1) is 0 Å². The van der Waals surface area contributed by atoms with Crippen LogP contribution in [0.4, 0.5) is 0 Å². The van der Waals surface area contributed by atoms with Gasteiger partial charge in [0.05, 0.1) is 7.11 Å². The fraction of sp³-hybridized carbons (Fsp3) is 0.182. The lowest BCUT2D eigenvalue weighted by atomic mass is 10.1. The number of phenols is 1. The summed E-state index contributed by atoms with van der Waals surface area (Å²) in [6.45, 7) is 0.327. The van der Waals surface area contributed by atoms with Gasteiger partial charge in [0.25, 0.3) is 0 Å². The number of phenolic OH excluding ortho intramolecular Hbond substituents is 1. The molecule has 1 heterocycles. The van der Waals surface area contributed by atoms with E-state index in [9.17, 15) is 9.90 Å². The van der Waals surface area contributed by atoms with E-state index in [1.807, 2.05) is 0 Å². The normalized spacial score (nSPS) is 15.9. The summed E-state index contributed by atoms with van der Waals surface area (Å²) in [5.41, 5.74) is 1.58. The summed E-state index contributed by atoms with van der Waals surface area (Å²) in [4.78, 5) is 11.0. The third-order valence-corrected chi connectivity index (χ3v) is 2.19. The molecule has 0 aliphatic carbocycles. The SMILES string of the molecule is COC(=O)C=C1COc2cc(O)ccc21. The van der Waals surface area contributed by atoms with Crippen molar-refractivity contribution >= 4 is 11.5 Å². The molecule has 0 amide bonds. The van der Waals surface area contributed by atoms with Gasteiger partial charge in [-0.3, -0.25) is 0 Å². The molecule has 0 radical (unpaired) electrons. The highest BCUT2D eigenvalue weighted by Crippen LogP contribution is 2.35. The molecule has 2 rings (SSSR count). The van der Waals surface area contributed by atoms with E-state index >= 15 is 0 Å². The number of rotatable bonds is 1. The molecule has 1 aromatic carbocycles. The molecule has 15 heavy (non-hydrogen) atoms. The first-order valence-electron chi connectivity index (χ1n) is 4.45. The number of aromatic hydroxyl groups is 1. The number of hydrogen-bond donors (Lipinski definition) is 1. The number of fused-ring (bicyclic) bond motifs is 1. The largest absolute Gasteiger partial charge is 0.508 e. The number of benzene rings is 1. The lowest BCUT2D eigenvalue weighted by molar-refractivity contribution is -0.134. The van der Waals surface area contributed by atoms with Crippen LogP contribution in [0, 0.1) is 0 Å². The molecule has 4 heteroatoms. The van der Waals surface area contributed by atoms with Crippen LogP contribution in [0.25, 0.3) is 5.57 Å².